The van der Waals surface area contributed by atoms with Crippen LogP contribution in [0.3, 0.4) is 0 Å². The number of carbonyl (C=O) groups excluding carboxylic acids is 2. The molecular formula is C22H8Cl8N4O2. The maximum Gasteiger partial charge on any atom is 0.259 e. The molecule has 14 heteroatoms. The van der Waals surface area contributed by atoms with E-state index < -0.39 is 5.91 Å². The van der Waals surface area contributed by atoms with Crippen LogP contribution in [0, 0.1) is 0 Å². The van der Waals surface area contributed by atoms with Crippen LogP contribution in [0.5, 0.6) is 0 Å². The molecule has 0 saturated heterocycles. The van der Waals surface area contributed by atoms with Gasteiger partial charge in [0.05, 0.1) is 62.7 Å². The Morgan fingerprint density at radius 3 is 1.81 bits per heavy atom. The van der Waals surface area contributed by atoms with Crippen molar-refractivity contribution in [2.75, 3.05) is 0 Å². The summed E-state index contributed by atoms with van der Waals surface area (Å²) in [6, 6.07) is 6.36. The van der Waals surface area contributed by atoms with Crippen LogP contribution >= 0.6 is 92.8 Å². The van der Waals surface area contributed by atoms with E-state index in [9.17, 15) is 9.59 Å². The molecule has 1 heterocycles. The highest BCUT2D eigenvalue weighted by Gasteiger charge is 2.34. The average Bonchev–Trinajstić information content (AvgIpc) is 3.18. The first kappa shape index (κ1) is 27.3. The fourth-order valence-electron chi connectivity index (χ4n) is 3.32. The van der Waals surface area contributed by atoms with Gasteiger partial charge in [-0.2, -0.15) is 0 Å². The second kappa shape index (κ2) is 10.6. The van der Waals surface area contributed by atoms with E-state index in [1.54, 1.807) is 24.3 Å². The first-order valence-corrected chi connectivity index (χ1v) is 12.5. The molecule has 1 amide bonds. The Labute approximate surface area is 243 Å². The molecule has 0 fully saturated rings. The van der Waals surface area contributed by atoms with Gasteiger partial charge in [-0.25, -0.2) is 9.98 Å². The maximum absolute atomic E-state index is 12.4. The third kappa shape index (κ3) is 4.66. The number of amidine groups is 2. The van der Waals surface area contributed by atoms with Crippen LogP contribution in [-0.2, 0) is 0 Å². The molecule has 1 aliphatic rings. The molecule has 184 valence electrons. The number of nitrogens with two attached hydrogens (primary N) is 1. The summed E-state index contributed by atoms with van der Waals surface area (Å²) < 4.78 is 0. The molecule has 3 N–H and O–H groups in total. The molecule has 0 saturated carbocycles. The van der Waals surface area contributed by atoms with Crippen LogP contribution in [0.25, 0.3) is 0 Å². The normalized spacial score (nSPS) is 14.3. The molecule has 4 rings (SSSR count). The van der Waals surface area contributed by atoms with Crippen LogP contribution < -0.4 is 11.1 Å². The molecule has 3 aromatic rings. The molecule has 36 heavy (non-hydrogen) atoms. The molecule has 3 aromatic carbocycles. The number of rotatable bonds is 4. The van der Waals surface area contributed by atoms with E-state index in [1.807, 2.05) is 0 Å². The third-order valence-corrected chi connectivity index (χ3v) is 8.60. The minimum Gasteiger partial charge on any atom is -0.383 e. The molecule has 0 spiro atoms. The van der Waals surface area contributed by atoms with Crippen LogP contribution in [0.1, 0.15) is 31.8 Å². The Kier molecular flexibility index (Phi) is 8.01. The highest BCUT2D eigenvalue weighted by atomic mass is 35.5. The topological polar surface area (TPSA) is 96.9 Å². The number of nitrogens with zero attached hydrogens (tertiary/aromatic N) is 2. The van der Waals surface area contributed by atoms with Crippen molar-refractivity contribution in [3.63, 3.8) is 0 Å². The zero-order valence-electron chi connectivity index (χ0n) is 17.2. The van der Waals surface area contributed by atoms with E-state index in [2.05, 4.69) is 15.3 Å². The summed E-state index contributed by atoms with van der Waals surface area (Å²) in [5, 5.41) is 2.28. The Bertz CT molecular complexity index is 1530. The van der Waals surface area contributed by atoms with Gasteiger partial charge < -0.3 is 11.1 Å². The number of fused-ring (bicyclic) bond motifs is 1. The lowest BCUT2D eigenvalue weighted by Crippen LogP contribution is -2.21. The number of halogens is 8. The standard InChI is InChI=1S/C22H8Cl8N4O2/c23-12-8(5-35)9(13(24)17(28)16(12)27)20(31)32-6-1-3-7(4-2-6)33-21-10-11(22(36)34-21)15(26)19(30)18(29)14(10)25/h1-5H,(H2,31,32)(H,33,34,36). The predicted octanol–water partition coefficient (Wildman–Crippen LogP) is 8.58. The van der Waals surface area contributed by atoms with Crippen LogP contribution in [0.15, 0.2) is 34.3 Å². The third-order valence-electron chi connectivity index (χ3n) is 4.98. The first-order chi connectivity index (χ1) is 17.0. The van der Waals surface area contributed by atoms with Gasteiger partial charge in [0.1, 0.15) is 11.7 Å². The molecule has 0 radical (unpaired) electrons. The van der Waals surface area contributed by atoms with Crippen LogP contribution in [-0.4, -0.2) is 23.9 Å². The lowest BCUT2D eigenvalue weighted by molar-refractivity contribution is 0.0983. The van der Waals surface area contributed by atoms with Gasteiger partial charge in [0, 0.05) is 11.1 Å². The lowest BCUT2D eigenvalue weighted by atomic mass is 10.1. The second-order valence-electron chi connectivity index (χ2n) is 7.10. The zero-order valence-corrected chi connectivity index (χ0v) is 23.2. The Morgan fingerprint density at radius 1 is 0.722 bits per heavy atom. The van der Waals surface area contributed by atoms with Gasteiger partial charge in [-0.1, -0.05) is 92.8 Å². The number of hydrogen-bond donors (Lipinski definition) is 2. The van der Waals surface area contributed by atoms with Crippen molar-refractivity contribution in [2.24, 2.45) is 15.7 Å². The van der Waals surface area contributed by atoms with Crippen molar-refractivity contribution in [2.45, 2.75) is 0 Å². The minimum atomic E-state index is -0.522. The molecule has 0 unspecified atom stereocenters. The highest BCUT2D eigenvalue weighted by molar-refractivity contribution is 6.55. The van der Waals surface area contributed by atoms with Gasteiger partial charge in [-0.15, -0.1) is 0 Å². The number of hydrogen-bond acceptors (Lipinski definition) is 4. The summed E-state index contributed by atoms with van der Waals surface area (Å²) in [5.74, 6) is -0.498. The van der Waals surface area contributed by atoms with Crippen molar-refractivity contribution in [3.8, 4) is 0 Å². The van der Waals surface area contributed by atoms with Crippen LogP contribution in [0.4, 0.5) is 11.4 Å². The van der Waals surface area contributed by atoms with Crippen molar-refractivity contribution in [1.82, 2.24) is 5.32 Å². The predicted molar refractivity (Wildman–Crippen MR) is 149 cm³/mol. The Balaban J connectivity index is 1.72. The zero-order chi connectivity index (χ0) is 26.5. The lowest BCUT2D eigenvalue weighted by Gasteiger charge is -2.12. The van der Waals surface area contributed by atoms with E-state index in [0.717, 1.165) is 0 Å². The van der Waals surface area contributed by atoms with E-state index >= 15 is 0 Å². The quantitative estimate of drug-likeness (QED) is 0.0980. The SMILES string of the molecule is NC(=Nc1ccc(N=C2NC(=O)c3c(Cl)c(Cl)c(Cl)c(Cl)c32)cc1)c1c(Cl)c(Cl)c(Cl)c(Cl)c1C=O. The van der Waals surface area contributed by atoms with Crippen molar-refractivity contribution >= 4 is 128 Å². The summed E-state index contributed by atoms with van der Waals surface area (Å²) >= 11 is 49.2. The molecule has 0 aliphatic carbocycles. The molecule has 6 nitrogen and oxygen atoms in total. The first-order valence-electron chi connectivity index (χ1n) is 9.49. The smallest absolute Gasteiger partial charge is 0.259 e. The van der Waals surface area contributed by atoms with Crippen molar-refractivity contribution in [3.05, 3.63) is 86.7 Å². The number of benzene rings is 3. The van der Waals surface area contributed by atoms with E-state index in [0.29, 0.717) is 17.7 Å². The van der Waals surface area contributed by atoms with Gasteiger partial charge in [0.2, 0.25) is 0 Å². The number of nitrogens with one attached hydrogen (secondary N) is 1. The molecule has 1 aliphatic heterocycles. The maximum atomic E-state index is 12.4. The van der Waals surface area contributed by atoms with Gasteiger partial charge in [0.25, 0.3) is 5.91 Å². The molecular weight excluding hydrogens is 636 g/mol. The van der Waals surface area contributed by atoms with E-state index in [1.165, 1.54) is 0 Å². The van der Waals surface area contributed by atoms with Gasteiger partial charge in [-0.05, 0) is 24.3 Å². The minimum absolute atomic E-state index is 0.00204. The van der Waals surface area contributed by atoms with Gasteiger partial charge in [0.15, 0.2) is 6.29 Å². The average molecular weight is 644 g/mol. The van der Waals surface area contributed by atoms with E-state index in [-0.39, 0.29) is 74.1 Å². The van der Waals surface area contributed by atoms with Crippen molar-refractivity contribution in [1.29, 1.82) is 0 Å². The summed E-state index contributed by atoms with van der Waals surface area (Å²) in [6.07, 6.45) is 0.456. The summed E-state index contributed by atoms with van der Waals surface area (Å²) in [7, 11) is 0. The van der Waals surface area contributed by atoms with Gasteiger partial charge in [-0.3, -0.25) is 9.59 Å². The molecule has 0 aromatic heterocycles. The molecule has 0 atom stereocenters. The van der Waals surface area contributed by atoms with Crippen LogP contribution in [0.2, 0.25) is 40.2 Å². The number of aliphatic imine (C=N–C) groups is 2. The number of aldehydes is 1. The Morgan fingerprint density at radius 2 is 1.22 bits per heavy atom. The molecule has 0 bridgehead atoms. The fraction of sp³-hybridized carbons (Fsp3) is 0. The monoisotopic (exact) mass is 640 g/mol. The van der Waals surface area contributed by atoms with Gasteiger partial charge >= 0.3 is 0 Å². The van der Waals surface area contributed by atoms with Crippen molar-refractivity contribution < 1.29 is 9.59 Å². The fourth-order valence-corrected chi connectivity index (χ4v) is 5.36. The van der Waals surface area contributed by atoms with E-state index in [4.69, 9.17) is 98.5 Å². The second-order valence-corrected chi connectivity index (χ2v) is 10.1. The summed E-state index contributed by atoms with van der Waals surface area (Å²) in [4.78, 5) is 32.7. The Hall–Kier alpha value is -1.74. The summed E-state index contributed by atoms with van der Waals surface area (Å²) in [5.41, 5.74) is 7.23. The highest BCUT2D eigenvalue weighted by Crippen LogP contribution is 2.44. The number of amides is 1. The number of carbonyl (C=O) groups is 2. The largest absolute Gasteiger partial charge is 0.383 e. The summed E-state index contributed by atoms with van der Waals surface area (Å²) in [6.45, 7) is 0.